The van der Waals surface area contributed by atoms with Gasteiger partial charge in [0.05, 0.1) is 0 Å². The molecule has 1 N–H and O–H groups in total. The molecular weight excluding hydrogens is 287 g/mol. The van der Waals surface area contributed by atoms with Crippen molar-refractivity contribution in [3.8, 4) is 0 Å². The summed E-state index contributed by atoms with van der Waals surface area (Å²) >= 11 is 6.04. The Morgan fingerprint density at radius 2 is 2.00 bits per heavy atom. The first kappa shape index (κ1) is 16.6. The maximum absolute atomic E-state index is 13.7. The Morgan fingerprint density at radius 1 is 1.29 bits per heavy atom. The number of halogens is 2. The summed E-state index contributed by atoms with van der Waals surface area (Å²) in [5.41, 5.74) is 0.897. The van der Waals surface area contributed by atoms with Crippen molar-refractivity contribution >= 4 is 17.3 Å². The summed E-state index contributed by atoms with van der Waals surface area (Å²) in [5.74, 6) is 0.884. The van der Waals surface area contributed by atoms with Gasteiger partial charge in [-0.3, -0.25) is 0 Å². The van der Waals surface area contributed by atoms with Crippen molar-refractivity contribution in [1.82, 2.24) is 5.32 Å². The van der Waals surface area contributed by atoms with Gasteiger partial charge in [-0.15, -0.1) is 0 Å². The molecule has 1 saturated heterocycles. The summed E-state index contributed by atoms with van der Waals surface area (Å²) in [6.45, 7) is 10.7. The summed E-state index contributed by atoms with van der Waals surface area (Å²) in [4.78, 5) is 2.32. The lowest BCUT2D eigenvalue weighted by Gasteiger charge is -2.44. The topological polar surface area (TPSA) is 15.3 Å². The van der Waals surface area contributed by atoms with Gasteiger partial charge in [-0.2, -0.15) is 0 Å². The summed E-state index contributed by atoms with van der Waals surface area (Å²) in [6.07, 6.45) is 1.13. The van der Waals surface area contributed by atoms with E-state index in [0.29, 0.717) is 28.9 Å². The largest absolute Gasteiger partial charge is 0.365 e. The fourth-order valence-electron chi connectivity index (χ4n) is 3.16. The second-order valence-corrected chi connectivity index (χ2v) is 7.26. The molecule has 1 fully saturated rings. The molecule has 1 aliphatic heterocycles. The van der Waals surface area contributed by atoms with E-state index in [1.54, 1.807) is 6.07 Å². The Kier molecular flexibility index (Phi) is 5.50. The molecule has 2 rings (SSSR count). The molecule has 4 heteroatoms. The first-order valence-electron chi connectivity index (χ1n) is 7.83. The molecule has 0 radical (unpaired) electrons. The van der Waals surface area contributed by atoms with Crippen LogP contribution in [-0.2, 0) is 0 Å². The molecule has 21 heavy (non-hydrogen) atoms. The summed E-state index contributed by atoms with van der Waals surface area (Å²) in [6, 6.07) is 5.65. The summed E-state index contributed by atoms with van der Waals surface area (Å²) < 4.78 is 13.7. The molecule has 2 nitrogen and oxygen atoms in total. The van der Waals surface area contributed by atoms with Crippen molar-refractivity contribution in [3.63, 3.8) is 0 Å². The van der Waals surface area contributed by atoms with E-state index in [0.717, 1.165) is 25.2 Å². The Balaban J connectivity index is 2.24. The first-order chi connectivity index (χ1) is 9.86. The molecule has 1 heterocycles. The number of nitrogens with one attached hydrogen (secondary N) is 1. The monoisotopic (exact) mass is 312 g/mol. The molecule has 2 atom stereocenters. The van der Waals surface area contributed by atoms with Gasteiger partial charge >= 0.3 is 0 Å². The van der Waals surface area contributed by atoms with Crippen molar-refractivity contribution in [2.24, 2.45) is 11.8 Å². The van der Waals surface area contributed by atoms with E-state index in [-0.39, 0.29) is 5.82 Å². The number of hydrogen-bond acceptors (Lipinski definition) is 2. The maximum Gasteiger partial charge on any atom is 0.126 e. The van der Waals surface area contributed by atoms with E-state index in [1.807, 2.05) is 6.07 Å². The molecule has 0 spiro atoms. The highest BCUT2D eigenvalue weighted by atomic mass is 35.5. The smallest absolute Gasteiger partial charge is 0.126 e. The molecule has 0 saturated carbocycles. The molecule has 118 valence electrons. The third-order valence-electron chi connectivity index (χ3n) is 4.14. The van der Waals surface area contributed by atoms with Gasteiger partial charge in [0.15, 0.2) is 0 Å². The lowest BCUT2D eigenvalue weighted by atomic mass is 9.94. The third-order valence-corrected chi connectivity index (χ3v) is 4.36. The second kappa shape index (κ2) is 6.97. The summed E-state index contributed by atoms with van der Waals surface area (Å²) in [5, 5.41) is 4.11. The molecule has 0 aliphatic carbocycles. The van der Waals surface area contributed by atoms with Crippen LogP contribution in [0.1, 0.15) is 34.1 Å². The number of rotatable bonds is 4. The van der Waals surface area contributed by atoms with E-state index < -0.39 is 0 Å². The number of piperazine rings is 1. The molecule has 2 unspecified atom stereocenters. The fourth-order valence-corrected chi connectivity index (χ4v) is 3.38. The fraction of sp³-hybridized carbons (Fsp3) is 0.647. The van der Waals surface area contributed by atoms with Crippen molar-refractivity contribution in [1.29, 1.82) is 0 Å². The maximum atomic E-state index is 13.7. The van der Waals surface area contributed by atoms with Gasteiger partial charge in [0, 0.05) is 35.9 Å². The van der Waals surface area contributed by atoms with Crippen LogP contribution in [0, 0.1) is 17.7 Å². The number of benzene rings is 1. The standard InChI is InChI=1S/C17H26ClFN2/c1-11(2)5-15-10-21(17(9-20-15)12(3)4)16-7-13(18)6-14(19)8-16/h6-8,11-12,15,17,20H,5,9-10H2,1-4H3. The van der Waals surface area contributed by atoms with Crippen LogP contribution in [0.15, 0.2) is 18.2 Å². The van der Waals surface area contributed by atoms with E-state index in [1.165, 1.54) is 6.07 Å². The van der Waals surface area contributed by atoms with Gasteiger partial charge < -0.3 is 10.2 Å². The van der Waals surface area contributed by atoms with Crippen molar-refractivity contribution in [2.45, 2.75) is 46.2 Å². The molecule has 0 amide bonds. The quantitative estimate of drug-likeness (QED) is 0.890. The zero-order valence-electron chi connectivity index (χ0n) is 13.4. The lowest BCUT2D eigenvalue weighted by Crippen LogP contribution is -2.58. The van der Waals surface area contributed by atoms with Crippen LogP contribution in [-0.4, -0.2) is 25.2 Å². The van der Waals surface area contributed by atoms with Gasteiger partial charge in [0.2, 0.25) is 0 Å². The number of anilines is 1. The van der Waals surface area contributed by atoms with Crippen LogP contribution in [0.5, 0.6) is 0 Å². The lowest BCUT2D eigenvalue weighted by molar-refractivity contribution is 0.310. The second-order valence-electron chi connectivity index (χ2n) is 6.83. The normalized spacial score (nSPS) is 23.1. The minimum Gasteiger partial charge on any atom is -0.365 e. The van der Waals surface area contributed by atoms with Crippen LogP contribution < -0.4 is 10.2 Å². The van der Waals surface area contributed by atoms with Crippen LogP contribution in [0.4, 0.5) is 10.1 Å². The Bertz CT molecular complexity index is 456. The minimum absolute atomic E-state index is 0.265. The first-order valence-corrected chi connectivity index (χ1v) is 8.20. The van der Waals surface area contributed by atoms with Crippen LogP contribution in [0.3, 0.4) is 0 Å². The van der Waals surface area contributed by atoms with Crippen LogP contribution >= 0.6 is 11.6 Å². The zero-order chi connectivity index (χ0) is 15.6. The van der Waals surface area contributed by atoms with Gasteiger partial charge in [-0.05, 0) is 36.5 Å². The Morgan fingerprint density at radius 3 is 2.57 bits per heavy atom. The highest BCUT2D eigenvalue weighted by Gasteiger charge is 2.30. The van der Waals surface area contributed by atoms with Crippen molar-refractivity contribution < 1.29 is 4.39 Å². The molecule has 1 aromatic carbocycles. The summed E-state index contributed by atoms with van der Waals surface area (Å²) in [7, 11) is 0. The Hall–Kier alpha value is -0.800. The number of nitrogens with zero attached hydrogens (tertiary/aromatic N) is 1. The molecule has 0 bridgehead atoms. The minimum atomic E-state index is -0.265. The van der Waals surface area contributed by atoms with Crippen LogP contribution in [0.2, 0.25) is 5.02 Å². The van der Waals surface area contributed by atoms with E-state index >= 15 is 0 Å². The highest BCUT2D eigenvalue weighted by Crippen LogP contribution is 2.28. The predicted octanol–water partition coefficient (Wildman–Crippen LogP) is 4.33. The third kappa shape index (κ3) is 4.33. The molecule has 1 aromatic rings. The van der Waals surface area contributed by atoms with Crippen LogP contribution in [0.25, 0.3) is 0 Å². The van der Waals surface area contributed by atoms with Crippen molar-refractivity contribution in [3.05, 3.63) is 29.0 Å². The van der Waals surface area contributed by atoms with E-state index in [9.17, 15) is 4.39 Å². The average molecular weight is 313 g/mol. The van der Waals surface area contributed by atoms with E-state index in [2.05, 4.69) is 37.9 Å². The van der Waals surface area contributed by atoms with Gasteiger partial charge in [-0.1, -0.05) is 39.3 Å². The number of hydrogen-bond donors (Lipinski definition) is 1. The zero-order valence-corrected chi connectivity index (χ0v) is 14.1. The molecule has 1 aliphatic rings. The molecular formula is C17H26ClFN2. The van der Waals surface area contributed by atoms with Crippen molar-refractivity contribution in [2.75, 3.05) is 18.0 Å². The van der Waals surface area contributed by atoms with Gasteiger partial charge in [0.1, 0.15) is 5.82 Å². The SMILES string of the molecule is CC(C)CC1CN(c2cc(F)cc(Cl)c2)C(C(C)C)CN1. The Labute approximate surface area is 132 Å². The average Bonchev–Trinajstić information content (AvgIpc) is 2.36. The van der Waals surface area contributed by atoms with Gasteiger partial charge in [-0.25, -0.2) is 4.39 Å². The predicted molar refractivity (Wildman–Crippen MR) is 88.6 cm³/mol. The van der Waals surface area contributed by atoms with E-state index in [4.69, 9.17) is 11.6 Å². The highest BCUT2D eigenvalue weighted by molar-refractivity contribution is 6.30. The molecule has 0 aromatic heterocycles. The van der Waals surface area contributed by atoms with Gasteiger partial charge in [0.25, 0.3) is 0 Å².